The third-order valence-electron chi connectivity index (χ3n) is 4.86. The van der Waals surface area contributed by atoms with E-state index in [2.05, 4.69) is 43.4 Å². The summed E-state index contributed by atoms with van der Waals surface area (Å²) in [6.45, 7) is 18.4. The van der Waals surface area contributed by atoms with E-state index < -0.39 is 0 Å². The van der Waals surface area contributed by atoms with Crippen LogP contribution in [0, 0.1) is 13.1 Å². The van der Waals surface area contributed by atoms with Gasteiger partial charge >= 0.3 is 51.4 Å². The van der Waals surface area contributed by atoms with Gasteiger partial charge < -0.3 is 25.0 Å². The Bertz CT molecular complexity index is 754. The third kappa shape index (κ3) is 15.5. The van der Waals surface area contributed by atoms with Crippen LogP contribution in [0.25, 0.3) is 9.69 Å². The van der Waals surface area contributed by atoms with Crippen LogP contribution in [0.3, 0.4) is 0 Å². The van der Waals surface area contributed by atoms with Gasteiger partial charge in [-0.3, -0.25) is 0 Å². The van der Waals surface area contributed by atoms with E-state index in [9.17, 15) is 0 Å². The zero-order valence-electron chi connectivity index (χ0n) is 19.5. The van der Waals surface area contributed by atoms with Gasteiger partial charge in [0.15, 0.2) is 0 Å². The Morgan fingerprint density at radius 1 is 1.06 bits per heavy atom. The molecule has 3 heterocycles. The molecule has 0 aliphatic carbocycles. The molecule has 0 unspecified atom stereocenters. The number of alkyl halides is 2. The maximum atomic E-state index is 7.40. The minimum Gasteiger partial charge on any atom is -0.870 e. The second-order valence-corrected chi connectivity index (χ2v) is 9.40. The molecule has 2 aromatic heterocycles. The molecule has 0 bridgehead atoms. The molecular weight excluding hydrogens is 546 g/mol. The Balaban J connectivity index is -0.000000417. The van der Waals surface area contributed by atoms with E-state index in [-0.39, 0.29) is 74.8 Å². The second kappa shape index (κ2) is 23.2. The number of hydrogen-bond donors (Lipinski definition) is 0. The molecule has 0 aromatic carbocycles. The van der Waals surface area contributed by atoms with Crippen molar-refractivity contribution in [3.8, 4) is 0 Å². The van der Waals surface area contributed by atoms with Crippen LogP contribution >= 0.6 is 58.3 Å². The smallest absolute Gasteiger partial charge is 0.870 e. The number of hydrogen-bond acceptors (Lipinski definition) is 5. The van der Waals surface area contributed by atoms with Crippen molar-refractivity contribution in [2.45, 2.75) is 24.9 Å². The van der Waals surface area contributed by atoms with Gasteiger partial charge in [0, 0.05) is 72.7 Å². The predicted molar refractivity (Wildman–Crippen MR) is 142 cm³/mol. The number of nitrogens with zero attached hydrogens (tertiary/aromatic N) is 4. The Morgan fingerprint density at radius 3 is 2.00 bits per heavy atom. The van der Waals surface area contributed by atoms with Crippen LogP contribution in [-0.2, 0) is 12.1 Å². The fourth-order valence-electron chi connectivity index (χ4n) is 2.86. The summed E-state index contributed by atoms with van der Waals surface area (Å²) in [6.07, 6.45) is 1.95. The first-order valence-electron chi connectivity index (χ1n) is 9.76. The summed E-state index contributed by atoms with van der Waals surface area (Å²) >= 11 is 14.2. The molecule has 0 amide bonds. The van der Waals surface area contributed by atoms with Crippen molar-refractivity contribution < 1.29 is 56.9 Å². The molecule has 2 aromatic rings. The Labute approximate surface area is 266 Å². The summed E-state index contributed by atoms with van der Waals surface area (Å²) in [6, 6.07) is 4.08. The normalized spacial score (nSPS) is 13.8. The first-order valence-corrected chi connectivity index (χ1v) is 12.7. The fourth-order valence-corrected chi connectivity index (χ4v) is 4.84. The van der Waals surface area contributed by atoms with Gasteiger partial charge in [-0.05, 0) is 37.0 Å². The molecule has 5 nitrogen and oxygen atoms in total. The Morgan fingerprint density at radius 2 is 1.61 bits per heavy atom. The molecular formula is C22H32Cl3KN4OS2. The molecule has 180 valence electrons. The number of rotatable bonds is 6. The van der Waals surface area contributed by atoms with Gasteiger partial charge in [-0.15, -0.1) is 35.6 Å². The number of thiophene rings is 2. The molecule has 1 N–H and O–H groups in total. The first-order chi connectivity index (χ1) is 14.5. The standard InChI is InChI=1S/C11H14N2S.C6H5NS.C5H11Cl2N.ClH.K.H2O/c1-12-11(10-3-8-14-9-10)4-6-13(2)7-5-11;1-7-4-6-2-3-8-5-6;1-8(4-2-6)5-3-7;;;/h3,8-9H,4-7H2,2H3;2-3,5H,4H2;2-5H2,1H3;1H;;1H2/q;;;;+1;/p-1. The zero-order chi connectivity index (χ0) is 22.2. The summed E-state index contributed by atoms with van der Waals surface area (Å²) in [7, 11) is 4.13. The number of piperidine rings is 1. The van der Waals surface area contributed by atoms with Crippen molar-refractivity contribution in [1.82, 2.24) is 9.80 Å². The average molecular weight is 578 g/mol. The van der Waals surface area contributed by atoms with Gasteiger partial charge in [0.1, 0.15) is 0 Å². The van der Waals surface area contributed by atoms with E-state index >= 15 is 0 Å². The van der Waals surface area contributed by atoms with Crippen LogP contribution in [0.4, 0.5) is 0 Å². The van der Waals surface area contributed by atoms with Crippen LogP contribution in [0.1, 0.15) is 24.0 Å². The fraction of sp³-hybridized carbons (Fsp3) is 0.545. The molecule has 1 fully saturated rings. The molecule has 1 aliphatic rings. The van der Waals surface area contributed by atoms with Crippen LogP contribution in [0.2, 0.25) is 0 Å². The molecule has 0 spiro atoms. The van der Waals surface area contributed by atoms with Crippen molar-refractivity contribution in [1.29, 1.82) is 0 Å². The SMILES string of the molecule is CN(CCCl)CCCl.Cl.[C-]#[N+]C1(c2ccsc2)CCN(C)CC1.[C-]#[N+]Cc1ccsc1.[K+].[OH-]. The topological polar surface area (TPSA) is 45.2 Å². The van der Waals surface area contributed by atoms with Gasteiger partial charge in [-0.25, -0.2) is 13.1 Å². The molecule has 1 saturated heterocycles. The molecule has 1 aliphatic heterocycles. The van der Waals surface area contributed by atoms with E-state index in [4.69, 9.17) is 36.3 Å². The van der Waals surface area contributed by atoms with Crippen molar-refractivity contribution in [2.24, 2.45) is 0 Å². The summed E-state index contributed by atoms with van der Waals surface area (Å²) < 4.78 is 0. The second-order valence-electron chi connectivity index (χ2n) is 7.09. The first kappa shape index (κ1) is 38.3. The predicted octanol–water partition coefficient (Wildman–Crippen LogP) is 3.40. The van der Waals surface area contributed by atoms with E-state index in [0.717, 1.165) is 44.6 Å². The molecule has 11 heteroatoms. The molecule has 33 heavy (non-hydrogen) atoms. The molecule has 0 radical (unpaired) electrons. The van der Waals surface area contributed by atoms with Crippen LogP contribution < -0.4 is 51.4 Å². The van der Waals surface area contributed by atoms with Crippen LogP contribution in [0.15, 0.2) is 33.7 Å². The minimum atomic E-state index is -0.216. The minimum absolute atomic E-state index is 0. The average Bonchev–Trinajstić information content (AvgIpc) is 3.45. The Kier molecular flexibility index (Phi) is 26.9. The van der Waals surface area contributed by atoms with E-state index in [1.54, 1.807) is 22.7 Å². The third-order valence-corrected chi connectivity index (χ3v) is 6.61. The molecule has 0 atom stereocenters. The summed E-state index contributed by atoms with van der Waals surface area (Å²) in [4.78, 5) is 11.5. The van der Waals surface area contributed by atoms with E-state index in [1.807, 2.05) is 23.9 Å². The van der Waals surface area contributed by atoms with Gasteiger partial charge in [-0.1, -0.05) is 0 Å². The quantitative estimate of drug-likeness (QED) is 0.300. The van der Waals surface area contributed by atoms with Crippen LogP contribution in [0.5, 0.6) is 0 Å². The maximum absolute atomic E-state index is 7.40. The van der Waals surface area contributed by atoms with Crippen molar-refractivity contribution in [3.63, 3.8) is 0 Å². The van der Waals surface area contributed by atoms with Crippen molar-refractivity contribution in [2.75, 3.05) is 52.0 Å². The molecule has 3 rings (SSSR count). The summed E-state index contributed by atoms with van der Waals surface area (Å²) in [5, 5.41) is 8.18. The van der Waals surface area contributed by atoms with Gasteiger partial charge in [0.05, 0.1) is 0 Å². The largest absolute Gasteiger partial charge is 1.00 e. The summed E-state index contributed by atoms with van der Waals surface area (Å²) in [5.41, 5.74) is 2.14. The van der Waals surface area contributed by atoms with Crippen molar-refractivity contribution >= 4 is 58.3 Å². The van der Waals surface area contributed by atoms with E-state index in [1.165, 1.54) is 5.56 Å². The Hall–Kier alpha value is 0.766. The van der Waals surface area contributed by atoms with Gasteiger partial charge in [-0.2, -0.15) is 22.7 Å². The maximum Gasteiger partial charge on any atom is 1.00 e. The zero-order valence-corrected chi connectivity index (χ0v) is 26.6. The molecule has 0 saturated carbocycles. The number of likely N-dealkylation sites (tertiary alicyclic amines) is 1. The monoisotopic (exact) mass is 576 g/mol. The van der Waals surface area contributed by atoms with Gasteiger partial charge in [0.25, 0.3) is 5.54 Å². The van der Waals surface area contributed by atoms with Gasteiger partial charge in [0.2, 0.25) is 6.54 Å². The van der Waals surface area contributed by atoms with Crippen LogP contribution in [-0.4, -0.2) is 67.3 Å². The van der Waals surface area contributed by atoms with Crippen molar-refractivity contribution in [3.05, 3.63) is 67.6 Å². The number of halogens is 3. The summed E-state index contributed by atoms with van der Waals surface area (Å²) in [5.74, 6) is 1.38. The van der Waals surface area contributed by atoms with E-state index in [0.29, 0.717) is 18.3 Å².